The number of aromatic carboxylic acids is 1. The van der Waals surface area contributed by atoms with Crippen LogP contribution in [0.4, 0.5) is 0 Å². The van der Waals surface area contributed by atoms with Crippen LogP contribution in [0.1, 0.15) is 85.9 Å². The summed E-state index contributed by atoms with van der Waals surface area (Å²) in [5.74, 6) is 5.37. The number of carboxylic acid groups (broad SMARTS) is 1. The van der Waals surface area contributed by atoms with E-state index in [0.717, 1.165) is 5.56 Å². The van der Waals surface area contributed by atoms with Crippen LogP contribution >= 0.6 is 0 Å². The highest BCUT2D eigenvalue weighted by Crippen LogP contribution is 2.45. The number of hydrogen-bond acceptors (Lipinski definition) is 2. The number of rotatable bonds is 2. The predicted molar refractivity (Wildman–Crippen MR) is 108 cm³/mol. The lowest BCUT2D eigenvalue weighted by molar-refractivity contribution is 0.0695. The zero-order valence-corrected chi connectivity index (χ0v) is 16.8. The van der Waals surface area contributed by atoms with Crippen molar-refractivity contribution in [3.63, 3.8) is 0 Å². The molecule has 0 saturated carbocycles. The Labute approximate surface area is 161 Å². The van der Waals surface area contributed by atoms with Crippen LogP contribution < -0.4 is 0 Å². The maximum absolute atomic E-state index is 11.2. The first-order valence-corrected chi connectivity index (χ1v) is 9.54. The first kappa shape index (κ1) is 19.2. The van der Waals surface area contributed by atoms with E-state index >= 15 is 0 Å². The van der Waals surface area contributed by atoms with Crippen molar-refractivity contribution in [2.24, 2.45) is 0 Å². The summed E-state index contributed by atoms with van der Waals surface area (Å²) >= 11 is 0. The van der Waals surface area contributed by atoms with Gasteiger partial charge >= 0.3 is 5.97 Å². The second kappa shape index (κ2) is 6.85. The van der Waals surface area contributed by atoms with Gasteiger partial charge in [-0.2, -0.15) is 0 Å². The summed E-state index contributed by atoms with van der Waals surface area (Å²) in [4.78, 5) is 15.7. The fourth-order valence-corrected chi connectivity index (χ4v) is 3.84. The number of benzene rings is 1. The second-order valence-electron chi connectivity index (χ2n) is 8.63. The third-order valence-corrected chi connectivity index (χ3v) is 5.73. The number of pyridine rings is 1. The van der Waals surface area contributed by atoms with Gasteiger partial charge in [0.15, 0.2) is 0 Å². The predicted octanol–water partition coefficient (Wildman–Crippen LogP) is 5.09. The minimum absolute atomic E-state index is 0.152. The fraction of sp³-hybridized carbons (Fsp3) is 0.417. The van der Waals surface area contributed by atoms with Gasteiger partial charge in [-0.3, -0.25) is 0 Å². The number of hydrogen-bond donors (Lipinski definition) is 1. The molecule has 1 aromatic carbocycles. The molecule has 0 spiro atoms. The van der Waals surface area contributed by atoms with Crippen molar-refractivity contribution in [1.82, 2.24) is 4.98 Å². The van der Waals surface area contributed by atoms with Crippen LogP contribution in [-0.4, -0.2) is 16.1 Å². The van der Waals surface area contributed by atoms with E-state index in [0.29, 0.717) is 17.8 Å². The number of carboxylic acids is 1. The molecule has 140 valence electrons. The van der Waals surface area contributed by atoms with Crippen molar-refractivity contribution < 1.29 is 9.90 Å². The third kappa shape index (κ3) is 3.76. The molecular formula is C24H27NO2. The summed E-state index contributed by atoms with van der Waals surface area (Å²) < 4.78 is 0. The van der Waals surface area contributed by atoms with Gasteiger partial charge in [0.05, 0.1) is 11.3 Å². The lowest BCUT2D eigenvalue weighted by Gasteiger charge is -2.41. The molecule has 2 aromatic rings. The van der Waals surface area contributed by atoms with Crippen molar-refractivity contribution >= 4 is 5.97 Å². The molecule has 1 aliphatic carbocycles. The normalized spacial score (nSPS) is 16.8. The van der Waals surface area contributed by atoms with Crippen LogP contribution in [0.2, 0.25) is 0 Å². The van der Waals surface area contributed by atoms with E-state index in [1.807, 2.05) is 6.92 Å². The molecule has 3 rings (SSSR count). The average molecular weight is 361 g/mol. The highest BCUT2D eigenvalue weighted by Gasteiger charge is 2.36. The summed E-state index contributed by atoms with van der Waals surface area (Å²) in [7, 11) is 0. The molecule has 3 heteroatoms. The number of aryl methyl sites for hydroxylation is 1. The van der Waals surface area contributed by atoms with Crippen molar-refractivity contribution in [2.75, 3.05) is 0 Å². The molecule has 1 aromatic heterocycles. The molecule has 1 N–H and O–H groups in total. The van der Waals surface area contributed by atoms with Crippen LogP contribution in [0, 0.1) is 11.8 Å². The molecule has 0 atom stereocenters. The first-order chi connectivity index (χ1) is 12.6. The van der Waals surface area contributed by atoms with Crippen LogP contribution in [0.25, 0.3) is 0 Å². The first-order valence-electron chi connectivity index (χ1n) is 9.54. The molecular weight excluding hydrogens is 334 g/mol. The standard InChI is InChI=1S/C24H27NO2/c1-6-21-18(22(26)27)11-10-17(25-21)9-7-16-8-12-19-20(15-16)24(4,5)14-13-23(19,2)3/h8,10-12,15H,6,13-14H2,1-5H3,(H,26,27). The highest BCUT2D eigenvalue weighted by atomic mass is 16.4. The summed E-state index contributed by atoms with van der Waals surface area (Å²) in [6.45, 7) is 11.1. The van der Waals surface area contributed by atoms with E-state index in [9.17, 15) is 9.90 Å². The van der Waals surface area contributed by atoms with E-state index in [2.05, 4.69) is 62.7 Å². The Bertz CT molecular complexity index is 958. The van der Waals surface area contributed by atoms with E-state index in [-0.39, 0.29) is 16.4 Å². The average Bonchev–Trinajstić information content (AvgIpc) is 2.63. The summed E-state index contributed by atoms with van der Waals surface area (Å²) in [5, 5.41) is 9.22. The second-order valence-corrected chi connectivity index (χ2v) is 8.63. The Morgan fingerprint density at radius 2 is 1.70 bits per heavy atom. The number of carbonyl (C=O) groups is 1. The monoisotopic (exact) mass is 361 g/mol. The third-order valence-electron chi connectivity index (χ3n) is 5.73. The molecule has 0 radical (unpaired) electrons. The molecule has 27 heavy (non-hydrogen) atoms. The Hall–Kier alpha value is -2.60. The van der Waals surface area contributed by atoms with Gasteiger partial charge in [-0.15, -0.1) is 0 Å². The van der Waals surface area contributed by atoms with Crippen LogP contribution in [-0.2, 0) is 17.3 Å². The summed E-state index contributed by atoms with van der Waals surface area (Å²) in [6, 6.07) is 9.80. The maximum atomic E-state index is 11.2. The Morgan fingerprint density at radius 1 is 1.04 bits per heavy atom. The molecule has 0 bridgehead atoms. The summed E-state index contributed by atoms with van der Waals surface area (Å²) in [6.07, 6.45) is 2.93. The molecule has 3 nitrogen and oxygen atoms in total. The number of aromatic nitrogens is 1. The minimum Gasteiger partial charge on any atom is -0.478 e. The molecule has 1 aliphatic rings. The van der Waals surface area contributed by atoms with Gasteiger partial charge in [0, 0.05) is 5.56 Å². The lowest BCUT2D eigenvalue weighted by atomic mass is 9.63. The Balaban J connectivity index is 1.98. The van der Waals surface area contributed by atoms with Crippen LogP contribution in [0.15, 0.2) is 30.3 Å². The Morgan fingerprint density at radius 3 is 2.33 bits per heavy atom. The largest absolute Gasteiger partial charge is 0.478 e. The smallest absolute Gasteiger partial charge is 0.337 e. The molecule has 0 aliphatic heterocycles. The number of fused-ring (bicyclic) bond motifs is 1. The van der Waals surface area contributed by atoms with E-state index < -0.39 is 5.97 Å². The molecule has 0 saturated heterocycles. The van der Waals surface area contributed by atoms with Gasteiger partial charge in [-0.25, -0.2) is 9.78 Å². The molecule has 1 heterocycles. The van der Waals surface area contributed by atoms with Crippen LogP contribution in [0.5, 0.6) is 0 Å². The van der Waals surface area contributed by atoms with E-state index in [1.165, 1.54) is 24.0 Å². The van der Waals surface area contributed by atoms with Gasteiger partial charge in [-0.1, -0.05) is 46.6 Å². The van der Waals surface area contributed by atoms with E-state index in [1.54, 1.807) is 12.1 Å². The van der Waals surface area contributed by atoms with Crippen LogP contribution in [0.3, 0.4) is 0 Å². The van der Waals surface area contributed by atoms with Crippen molar-refractivity contribution in [2.45, 2.75) is 64.7 Å². The molecule has 0 amide bonds. The van der Waals surface area contributed by atoms with Gasteiger partial charge in [0.25, 0.3) is 0 Å². The summed E-state index contributed by atoms with van der Waals surface area (Å²) in [5.41, 5.74) is 5.55. The van der Waals surface area contributed by atoms with Crippen molar-refractivity contribution in [1.29, 1.82) is 0 Å². The van der Waals surface area contributed by atoms with E-state index in [4.69, 9.17) is 0 Å². The topological polar surface area (TPSA) is 50.2 Å². The van der Waals surface area contributed by atoms with Gasteiger partial charge < -0.3 is 5.11 Å². The highest BCUT2D eigenvalue weighted by molar-refractivity contribution is 5.88. The minimum atomic E-state index is -0.946. The Kier molecular flexibility index (Phi) is 4.86. The zero-order valence-electron chi connectivity index (χ0n) is 16.8. The SMILES string of the molecule is CCc1nc(C#Cc2ccc3c(c2)C(C)(C)CCC3(C)C)ccc1C(=O)O. The molecule has 0 fully saturated rings. The van der Waals surface area contributed by atoms with Crippen molar-refractivity contribution in [3.05, 3.63) is 64.0 Å². The van der Waals surface area contributed by atoms with Gasteiger partial charge in [0.1, 0.15) is 5.69 Å². The van der Waals surface area contributed by atoms with Crippen molar-refractivity contribution in [3.8, 4) is 11.8 Å². The number of nitrogens with zero attached hydrogens (tertiary/aromatic N) is 1. The molecule has 0 unspecified atom stereocenters. The fourth-order valence-electron chi connectivity index (χ4n) is 3.84. The lowest BCUT2D eigenvalue weighted by Crippen LogP contribution is -2.33. The van der Waals surface area contributed by atoms with Gasteiger partial charge in [-0.05, 0) is 71.4 Å². The van der Waals surface area contributed by atoms with Gasteiger partial charge in [0.2, 0.25) is 0 Å². The zero-order chi connectivity index (χ0) is 19.8. The quantitative estimate of drug-likeness (QED) is 0.758. The maximum Gasteiger partial charge on any atom is 0.337 e.